The quantitative estimate of drug-likeness (QED) is 0.172. The minimum atomic E-state index is 0. The summed E-state index contributed by atoms with van der Waals surface area (Å²) >= 11 is 1.46. The first kappa shape index (κ1) is 38.0. The summed E-state index contributed by atoms with van der Waals surface area (Å²) in [5.74, 6) is 2.03. The van der Waals surface area contributed by atoms with Gasteiger partial charge < -0.3 is 24.8 Å². The van der Waals surface area contributed by atoms with E-state index in [0.717, 1.165) is 6.42 Å². The Kier molecular flexibility index (Phi) is 13.7. The van der Waals surface area contributed by atoms with Crippen molar-refractivity contribution < 1.29 is 49.0 Å². The number of allylic oxidation sites excluding steroid dienone is 4. The van der Waals surface area contributed by atoms with Crippen LogP contribution in [-0.2, 0) is 24.2 Å². The molecular weight excluding hydrogens is 679 g/mol. The van der Waals surface area contributed by atoms with E-state index in [4.69, 9.17) is 0 Å². The van der Waals surface area contributed by atoms with Crippen molar-refractivity contribution in [2.24, 2.45) is 0 Å². The van der Waals surface area contributed by atoms with Crippen LogP contribution in [-0.4, -0.2) is 3.21 Å². The third-order valence-corrected chi connectivity index (χ3v) is 10.3. The van der Waals surface area contributed by atoms with E-state index >= 15 is 0 Å². The molecule has 6 rings (SSSR count). The average molecular weight is 726 g/mol. The van der Waals surface area contributed by atoms with E-state index in [-0.39, 0.29) is 24.8 Å². The molecule has 0 aliphatic heterocycles. The molecule has 3 heteroatoms. The molecule has 0 amide bonds. The number of hydrogen-bond acceptors (Lipinski definition) is 0. The van der Waals surface area contributed by atoms with Gasteiger partial charge in [0.2, 0.25) is 0 Å². The Morgan fingerprint density at radius 2 is 1.15 bits per heavy atom. The van der Waals surface area contributed by atoms with Gasteiger partial charge in [-0.05, 0) is 30.1 Å². The molecule has 0 nitrogen and oxygen atoms in total. The summed E-state index contributed by atoms with van der Waals surface area (Å²) in [6.45, 7) is 19.0. The Morgan fingerprint density at radius 3 is 1.61 bits per heavy atom. The van der Waals surface area contributed by atoms with Crippen molar-refractivity contribution in [1.29, 1.82) is 0 Å². The third-order valence-electron chi connectivity index (χ3n) is 8.91. The molecule has 0 atom stereocenters. The van der Waals surface area contributed by atoms with Gasteiger partial charge in [0.25, 0.3) is 0 Å². The topological polar surface area (TPSA) is 0 Å². The first-order valence-corrected chi connectivity index (χ1v) is 17.6. The number of halogens is 2. The SMILES string of the molecule is CC(C)c1c(C(C)C)c(C(C)C)c2c([cH-]c3cccc(C(C)C)c32)c1C1=CC=CC1.[Cl-].[Cl-].[Zr+2]=[C](c1ccccc1)c1ccccc1. The van der Waals surface area contributed by atoms with Gasteiger partial charge in [-0.1, -0.05) is 119 Å². The molecule has 0 radical (unpaired) electrons. The molecule has 5 aromatic carbocycles. The standard InChI is InChI=1S/C30H37.C13H10.2ClH.Zr/c1-17(2)23-15-11-14-22-16-24-28(21-12-9-10-13-21)26(19(5)6)25(18(3)4)27(20(7)8)30(24)29(22)23;1-3-7-12(8-4-1)11-13-9-5-2-6-10-13;;;/h9-12,14-20H,13H2,1-8H3;1-10H;2*1H;/q-1;;;;+2/p-2. The Bertz CT molecular complexity index is 1790. The molecule has 0 fully saturated rings. The van der Waals surface area contributed by atoms with Crippen LogP contribution in [0.25, 0.3) is 27.1 Å². The molecule has 5 aromatic rings. The maximum absolute atomic E-state index is 2.49. The maximum atomic E-state index is 2.49. The van der Waals surface area contributed by atoms with Crippen LogP contribution in [0.2, 0.25) is 0 Å². The molecule has 0 bridgehead atoms. The first-order valence-electron chi connectivity index (χ1n) is 16.4. The van der Waals surface area contributed by atoms with Crippen LogP contribution in [0.15, 0.2) is 103 Å². The number of fused-ring (bicyclic) bond motifs is 3. The molecule has 0 spiro atoms. The molecule has 0 heterocycles. The van der Waals surface area contributed by atoms with Crippen LogP contribution in [0.4, 0.5) is 0 Å². The van der Waals surface area contributed by atoms with E-state index < -0.39 is 0 Å². The van der Waals surface area contributed by atoms with E-state index in [1.54, 1.807) is 16.7 Å². The monoisotopic (exact) mass is 723 g/mol. The summed E-state index contributed by atoms with van der Waals surface area (Å²) in [4.78, 5) is 0. The van der Waals surface area contributed by atoms with Gasteiger partial charge in [0.15, 0.2) is 0 Å². The Balaban J connectivity index is 0.000000304. The first-order chi connectivity index (χ1) is 21.1. The predicted molar refractivity (Wildman–Crippen MR) is 191 cm³/mol. The van der Waals surface area contributed by atoms with Crippen LogP contribution in [0.5, 0.6) is 0 Å². The summed E-state index contributed by atoms with van der Waals surface area (Å²) in [5, 5.41) is 5.91. The van der Waals surface area contributed by atoms with Crippen LogP contribution in [0.3, 0.4) is 0 Å². The molecule has 1 aliphatic carbocycles. The van der Waals surface area contributed by atoms with Crippen LogP contribution in [0, 0.1) is 0 Å². The average Bonchev–Trinajstić information content (AvgIpc) is 3.69. The predicted octanol–water partition coefficient (Wildman–Crippen LogP) is 6.36. The van der Waals surface area contributed by atoms with Gasteiger partial charge in [-0.25, -0.2) is 0 Å². The van der Waals surface area contributed by atoms with E-state index in [1.165, 1.54) is 76.8 Å². The van der Waals surface area contributed by atoms with Gasteiger partial charge in [-0.15, -0.1) is 33.7 Å². The zero-order chi connectivity index (χ0) is 31.5. The third kappa shape index (κ3) is 7.65. The fourth-order valence-electron chi connectivity index (χ4n) is 7.05. The van der Waals surface area contributed by atoms with Crippen molar-refractivity contribution in [2.75, 3.05) is 0 Å². The minimum absolute atomic E-state index is 0. The van der Waals surface area contributed by atoms with Crippen molar-refractivity contribution >= 4 is 30.3 Å². The zero-order valence-electron chi connectivity index (χ0n) is 28.6. The van der Waals surface area contributed by atoms with E-state index in [0.29, 0.717) is 23.7 Å². The van der Waals surface area contributed by atoms with Crippen LogP contribution in [0.1, 0.15) is 124 Å². The van der Waals surface area contributed by atoms with Crippen molar-refractivity contribution in [2.45, 2.75) is 85.5 Å². The van der Waals surface area contributed by atoms with Crippen molar-refractivity contribution in [1.82, 2.24) is 0 Å². The number of rotatable bonds is 7. The van der Waals surface area contributed by atoms with Gasteiger partial charge in [0.05, 0.1) is 0 Å². The van der Waals surface area contributed by atoms with Gasteiger partial charge in [-0.3, -0.25) is 0 Å². The summed E-state index contributed by atoms with van der Waals surface area (Å²) in [5.41, 5.74) is 11.9. The molecule has 0 N–H and O–H groups in total. The molecule has 46 heavy (non-hydrogen) atoms. The second-order valence-electron chi connectivity index (χ2n) is 13.4. The zero-order valence-corrected chi connectivity index (χ0v) is 32.6. The van der Waals surface area contributed by atoms with Gasteiger partial charge in [0.1, 0.15) is 0 Å². The fraction of sp³-hybridized carbons (Fsp3) is 0.302. The normalized spacial score (nSPS) is 12.4. The Labute approximate surface area is 304 Å². The summed E-state index contributed by atoms with van der Waals surface area (Å²) in [6, 6.07) is 30.5. The Hall–Kier alpha value is -2.44. The van der Waals surface area contributed by atoms with Crippen molar-refractivity contribution in [3.05, 3.63) is 142 Å². The molecular formula is C43H47Cl2Zr-. The van der Waals surface area contributed by atoms with E-state index in [2.05, 4.69) is 159 Å². The van der Waals surface area contributed by atoms with Gasteiger partial charge in [0, 0.05) is 0 Å². The number of hydrogen-bond donors (Lipinski definition) is 0. The number of benzene rings is 4. The van der Waals surface area contributed by atoms with E-state index in [9.17, 15) is 0 Å². The van der Waals surface area contributed by atoms with Crippen LogP contribution < -0.4 is 24.8 Å². The molecule has 238 valence electrons. The summed E-state index contributed by atoms with van der Waals surface area (Å²) in [7, 11) is 0. The summed E-state index contributed by atoms with van der Waals surface area (Å²) < 4.78 is 1.42. The molecule has 1 aliphatic rings. The summed E-state index contributed by atoms with van der Waals surface area (Å²) in [6.07, 6.45) is 7.94. The van der Waals surface area contributed by atoms with Crippen molar-refractivity contribution in [3.8, 4) is 0 Å². The second-order valence-corrected chi connectivity index (χ2v) is 14.6. The molecule has 0 unspecified atom stereocenters. The molecule has 0 saturated heterocycles. The molecule has 0 aromatic heterocycles. The van der Waals surface area contributed by atoms with Gasteiger partial charge in [-0.2, -0.15) is 0 Å². The Morgan fingerprint density at radius 1 is 0.609 bits per heavy atom. The van der Waals surface area contributed by atoms with Gasteiger partial charge >= 0.3 is 99.2 Å². The second kappa shape index (κ2) is 16.6. The van der Waals surface area contributed by atoms with Crippen molar-refractivity contribution in [3.63, 3.8) is 0 Å². The van der Waals surface area contributed by atoms with E-state index in [1.807, 2.05) is 0 Å². The molecule has 0 saturated carbocycles. The van der Waals surface area contributed by atoms with Crippen LogP contribution >= 0.6 is 0 Å². The fourth-order valence-corrected chi connectivity index (χ4v) is 7.87.